The number of hydrogen-bond donors (Lipinski definition) is 1. The van der Waals surface area contributed by atoms with Crippen LogP contribution in [0, 0.1) is 17.0 Å². The number of nitrogens with one attached hydrogen (secondary N) is 1. The monoisotopic (exact) mass is 268 g/mol. The van der Waals surface area contributed by atoms with E-state index in [1.54, 1.807) is 6.20 Å². The summed E-state index contributed by atoms with van der Waals surface area (Å²) in [6.07, 6.45) is 1.77. The van der Waals surface area contributed by atoms with Gasteiger partial charge in [0, 0.05) is 18.0 Å². The number of quaternary nitrogens is 1. The highest BCUT2D eigenvalue weighted by atomic mass is 32.2. The van der Waals surface area contributed by atoms with E-state index >= 15 is 0 Å². The molecule has 1 N–H and O–H groups in total. The Labute approximate surface area is 108 Å². The Morgan fingerprint density at radius 2 is 2.44 bits per heavy atom. The van der Waals surface area contributed by atoms with Crippen molar-refractivity contribution in [3.63, 3.8) is 0 Å². The molecule has 0 radical (unpaired) electrons. The van der Waals surface area contributed by atoms with E-state index in [0.29, 0.717) is 18.1 Å². The highest BCUT2D eigenvalue weighted by molar-refractivity contribution is 8.08. The first-order chi connectivity index (χ1) is 8.45. The summed E-state index contributed by atoms with van der Waals surface area (Å²) in [4.78, 5) is 22.0. The topological polar surface area (TPSA) is 84.2 Å². The minimum absolute atomic E-state index is 0.193. The number of hydrogen-bond acceptors (Lipinski definition) is 5. The van der Waals surface area contributed by atoms with Crippen LogP contribution in [0.3, 0.4) is 0 Å². The largest absolute Gasteiger partial charge is 0.433 e. The number of aliphatic imine (C=N–C) groups is 1. The molecule has 7 nitrogen and oxygen atoms in total. The van der Waals surface area contributed by atoms with Gasteiger partial charge >= 0.3 is 4.99 Å². The third-order valence-corrected chi connectivity index (χ3v) is 5.32. The van der Waals surface area contributed by atoms with Gasteiger partial charge in [-0.05, 0) is 13.8 Å². The molecule has 0 bridgehead atoms. The van der Waals surface area contributed by atoms with Gasteiger partial charge in [0.05, 0.1) is 18.5 Å². The Bertz CT molecular complexity index is 570. The predicted molar refractivity (Wildman–Crippen MR) is 67.7 cm³/mol. The molecule has 2 aliphatic rings. The summed E-state index contributed by atoms with van der Waals surface area (Å²) in [5, 5.41) is 11.1. The molecule has 3 heterocycles. The van der Waals surface area contributed by atoms with Gasteiger partial charge in [0.1, 0.15) is 5.82 Å². The zero-order chi connectivity index (χ0) is 13.1. The lowest BCUT2D eigenvalue weighted by atomic mass is 10.3. The van der Waals surface area contributed by atoms with Crippen molar-refractivity contribution in [2.24, 2.45) is 4.99 Å². The summed E-state index contributed by atoms with van der Waals surface area (Å²) < 4.78 is 0.208. The van der Waals surface area contributed by atoms with E-state index in [0.717, 1.165) is 5.82 Å². The minimum atomic E-state index is -1.03. The van der Waals surface area contributed by atoms with E-state index in [9.17, 15) is 10.1 Å². The molecule has 1 aromatic rings. The Kier molecular flexibility index (Phi) is 2.16. The summed E-state index contributed by atoms with van der Waals surface area (Å²) in [5.74, 6) is 1.50. The summed E-state index contributed by atoms with van der Waals surface area (Å²) in [6.45, 7) is 4.42. The van der Waals surface area contributed by atoms with Crippen molar-refractivity contribution in [3.8, 4) is 0 Å². The van der Waals surface area contributed by atoms with E-state index in [1.807, 2.05) is 20.9 Å². The van der Waals surface area contributed by atoms with E-state index in [1.165, 1.54) is 11.8 Å². The van der Waals surface area contributed by atoms with Crippen LogP contribution in [0.15, 0.2) is 11.2 Å². The normalized spacial score (nSPS) is 37.3. The summed E-state index contributed by atoms with van der Waals surface area (Å²) in [6, 6.07) is 0. The van der Waals surface area contributed by atoms with E-state index in [2.05, 4.69) is 15.0 Å². The number of imidazole rings is 1. The average molecular weight is 268 g/mol. The number of aromatic nitrogens is 2. The molecule has 0 saturated carbocycles. The second-order valence-corrected chi connectivity index (χ2v) is 6.00. The standard InChI is InChI=1S/C10H14N5O2S/c1-4-15(3)8(7-5-11-6(2)12-7)13-9-10(15,18-9)14(16)17/h5,9H,4H2,1-3H3,(H,11,12)/q+1. The van der Waals surface area contributed by atoms with Gasteiger partial charge in [-0.1, -0.05) is 0 Å². The molecule has 3 unspecified atom stereocenters. The van der Waals surface area contributed by atoms with Gasteiger partial charge < -0.3 is 4.98 Å². The van der Waals surface area contributed by atoms with Crippen LogP contribution >= 0.6 is 11.8 Å². The number of thioether (sulfide) groups is 1. The first kappa shape index (κ1) is 11.7. The van der Waals surface area contributed by atoms with E-state index in [4.69, 9.17) is 0 Å². The number of likely N-dealkylation sites (N-methyl/N-ethyl adjacent to an activating group) is 1. The Hall–Kier alpha value is -1.41. The molecule has 0 amide bonds. The van der Waals surface area contributed by atoms with Crippen LogP contribution in [0.5, 0.6) is 0 Å². The number of nitro groups is 1. The number of rotatable bonds is 3. The number of amidine groups is 1. The molecule has 2 aliphatic heterocycles. The first-order valence-electron chi connectivity index (χ1n) is 5.74. The maximum absolute atomic E-state index is 11.4. The van der Waals surface area contributed by atoms with Gasteiger partial charge in [0.15, 0.2) is 5.69 Å². The lowest BCUT2D eigenvalue weighted by Gasteiger charge is -2.30. The van der Waals surface area contributed by atoms with E-state index in [-0.39, 0.29) is 14.8 Å². The number of nitrogens with zero attached hydrogens (tertiary/aromatic N) is 4. The van der Waals surface area contributed by atoms with Crippen LogP contribution < -0.4 is 0 Å². The maximum atomic E-state index is 11.4. The second-order valence-electron chi connectivity index (χ2n) is 4.72. The van der Waals surface area contributed by atoms with Gasteiger partial charge in [-0.2, -0.15) is 4.48 Å². The van der Waals surface area contributed by atoms with Crippen LogP contribution in [0.4, 0.5) is 0 Å². The first-order valence-corrected chi connectivity index (χ1v) is 6.62. The number of aromatic amines is 1. The van der Waals surface area contributed by atoms with Crippen LogP contribution in [-0.4, -0.2) is 49.2 Å². The zero-order valence-corrected chi connectivity index (χ0v) is 11.2. The Morgan fingerprint density at radius 3 is 2.94 bits per heavy atom. The third kappa shape index (κ3) is 1.14. The predicted octanol–water partition coefficient (Wildman–Crippen LogP) is 0.948. The van der Waals surface area contributed by atoms with Gasteiger partial charge in [-0.25, -0.2) is 9.98 Å². The fraction of sp³-hybridized carbons (Fsp3) is 0.600. The highest BCUT2D eigenvalue weighted by Gasteiger charge is 2.86. The third-order valence-electron chi connectivity index (χ3n) is 3.79. The molecule has 18 heavy (non-hydrogen) atoms. The summed E-state index contributed by atoms with van der Waals surface area (Å²) in [5.41, 5.74) is 0.714. The SMILES string of the molecule is CC[N+]1(C)C(c2c[nH]c(C)n2)=NC2SC21[N+](=O)[O-]. The summed E-state index contributed by atoms with van der Waals surface area (Å²) >= 11 is 1.32. The number of aryl methyl sites for hydroxylation is 1. The molecule has 3 rings (SSSR count). The van der Waals surface area contributed by atoms with Crippen molar-refractivity contribution in [1.82, 2.24) is 9.97 Å². The Morgan fingerprint density at radius 1 is 1.72 bits per heavy atom. The Balaban J connectivity index is 2.08. The van der Waals surface area contributed by atoms with Gasteiger partial charge in [-0.15, -0.1) is 0 Å². The minimum Gasteiger partial charge on any atom is -0.348 e. The average Bonchev–Trinajstić information content (AvgIpc) is 2.84. The molecule has 0 aliphatic carbocycles. The molecule has 8 heteroatoms. The van der Waals surface area contributed by atoms with E-state index < -0.39 is 4.99 Å². The van der Waals surface area contributed by atoms with Crippen LogP contribution in [-0.2, 0) is 0 Å². The zero-order valence-electron chi connectivity index (χ0n) is 10.4. The van der Waals surface area contributed by atoms with Crippen LogP contribution in [0.2, 0.25) is 0 Å². The van der Waals surface area contributed by atoms with Crippen LogP contribution in [0.25, 0.3) is 0 Å². The fourth-order valence-corrected chi connectivity index (χ4v) is 3.85. The summed E-state index contributed by atoms with van der Waals surface area (Å²) in [7, 11) is 1.87. The smallest absolute Gasteiger partial charge is 0.348 e. The molecule has 1 fully saturated rings. The lowest BCUT2D eigenvalue weighted by Crippen LogP contribution is -2.59. The molecule has 0 spiro atoms. The van der Waals surface area contributed by atoms with Crippen molar-refractivity contribution in [1.29, 1.82) is 0 Å². The number of fused-ring (bicyclic) bond motifs is 1. The molecular weight excluding hydrogens is 254 g/mol. The highest BCUT2D eigenvalue weighted by Crippen LogP contribution is 2.63. The molecule has 0 aromatic carbocycles. The van der Waals surface area contributed by atoms with Gasteiger partial charge in [0.25, 0.3) is 5.84 Å². The van der Waals surface area contributed by atoms with Gasteiger partial charge in [0.2, 0.25) is 5.37 Å². The van der Waals surface area contributed by atoms with Crippen LogP contribution in [0.1, 0.15) is 18.4 Å². The second kappa shape index (κ2) is 3.33. The fourth-order valence-electron chi connectivity index (χ4n) is 2.53. The molecular formula is C10H14N5O2S+. The lowest BCUT2D eigenvalue weighted by molar-refractivity contribution is -0.940. The van der Waals surface area contributed by atoms with Crippen molar-refractivity contribution in [2.45, 2.75) is 24.2 Å². The quantitative estimate of drug-likeness (QED) is 0.383. The van der Waals surface area contributed by atoms with Crippen molar-refractivity contribution in [3.05, 3.63) is 27.8 Å². The van der Waals surface area contributed by atoms with Gasteiger partial charge in [-0.3, -0.25) is 10.1 Å². The number of H-pyrrole nitrogens is 1. The maximum Gasteiger partial charge on any atom is 0.433 e. The van der Waals surface area contributed by atoms with Crippen molar-refractivity contribution >= 4 is 17.6 Å². The molecule has 3 atom stereocenters. The van der Waals surface area contributed by atoms with Crippen molar-refractivity contribution < 1.29 is 9.41 Å². The molecule has 1 aromatic heterocycles. The van der Waals surface area contributed by atoms with Crippen molar-refractivity contribution in [2.75, 3.05) is 13.6 Å². The molecule has 96 valence electrons. The molecule has 1 saturated heterocycles.